The predicted molar refractivity (Wildman–Crippen MR) is 66.2 cm³/mol. The van der Waals surface area contributed by atoms with Crippen molar-refractivity contribution in [1.29, 1.82) is 0 Å². The van der Waals surface area contributed by atoms with E-state index in [0.717, 1.165) is 35.3 Å². The second kappa shape index (κ2) is 5.05. The van der Waals surface area contributed by atoms with Crippen LogP contribution < -0.4 is 4.90 Å². The van der Waals surface area contributed by atoms with Gasteiger partial charge in [0.2, 0.25) is 5.13 Å². The Bertz CT molecular complexity index is 351. The van der Waals surface area contributed by atoms with Gasteiger partial charge in [-0.3, -0.25) is 10.00 Å². The van der Waals surface area contributed by atoms with Gasteiger partial charge in [-0.15, -0.1) is 5.10 Å². The lowest BCUT2D eigenvalue weighted by Gasteiger charge is -2.34. The highest BCUT2D eigenvalue weighted by atomic mass is 32.1. The van der Waals surface area contributed by atoms with E-state index in [-0.39, 0.29) is 0 Å². The second-order valence-corrected chi connectivity index (χ2v) is 5.37. The molecule has 0 spiro atoms. The summed E-state index contributed by atoms with van der Waals surface area (Å²) in [5, 5.41) is 8.08. The van der Waals surface area contributed by atoms with Crippen molar-refractivity contribution in [3.63, 3.8) is 0 Å². The van der Waals surface area contributed by atoms with Gasteiger partial charge in [0.25, 0.3) is 0 Å². The number of anilines is 1. The van der Waals surface area contributed by atoms with Gasteiger partial charge in [-0.05, 0) is 25.2 Å². The summed E-state index contributed by atoms with van der Waals surface area (Å²) in [6.07, 6.45) is 1.24. The Morgan fingerprint density at radius 2 is 2.13 bits per heavy atom. The number of aromatic nitrogens is 2. The number of nitrogens with one attached hydrogen (secondary N) is 1. The molecule has 1 aromatic rings. The van der Waals surface area contributed by atoms with Gasteiger partial charge in [-0.1, -0.05) is 18.3 Å². The molecule has 0 aromatic carbocycles. The Balaban J connectivity index is 1.91. The maximum absolute atomic E-state index is 5.03. The molecule has 15 heavy (non-hydrogen) atoms. The summed E-state index contributed by atoms with van der Waals surface area (Å²) in [7, 11) is 0. The van der Waals surface area contributed by atoms with E-state index in [1.165, 1.54) is 13.0 Å². The van der Waals surface area contributed by atoms with Crippen molar-refractivity contribution in [3.05, 3.63) is 3.95 Å². The van der Waals surface area contributed by atoms with Crippen molar-refractivity contribution >= 4 is 28.7 Å². The minimum absolute atomic E-state index is 0.765. The molecule has 6 heteroatoms. The van der Waals surface area contributed by atoms with Crippen LogP contribution in [-0.4, -0.2) is 47.8 Å². The summed E-state index contributed by atoms with van der Waals surface area (Å²) in [5.74, 6) is 0. The van der Waals surface area contributed by atoms with Crippen LogP contribution in [0.15, 0.2) is 0 Å². The highest BCUT2D eigenvalue weighted by molar-refractivity contribution is 7.73. The van der Waals surface area contributed by atoms with Gasteiger partial charge in [0.1, 0.15) is 0 Å². The molecule has 0 atom stereocenters. The fourth-order valence-corrected chi connectivity index (χ4v) is 2.77. The van der Waals surface area contributed by atoms with Crippen molar-refractivity contribution in [2.24, 2.45) is 0 Å². The normalized spacial score (nSPS) is 18.3. The van der Waals surface area contributed by atoms with Crippen LogP contribution in [0.3, 0.4) is 0 Å². The van der Waals surface area contributed by atoms with Gasteiger partial charge >= 0.3 is 0 Å². The number of hydrogen-bond donors (Lipinski definition) is 1. The van der Waals surface area contributed by atoms with Crippen LogP contribution >= 0.6 is 23.6 Å². The third-order valence-electron chi connectivity index (χ3n) is 2.61. The van der Waals surface area contributed by atoms with E-state index in [9.17, 15) is 0 Å². The van der Waals surface area contributed by atoms with E-state index < -0.39 is 0 Å². The van der Waals surface area contributed by atoms with Crippen molar-refractivity contribution < 1.29 is 0 Å². The average Bonchev–Trinajstić information content (AvgIpc) is 2.67. The Kier molecular flexibility index (Phi) is 3.71. The molecule has 2 heterocycles. The minimum atomic E-state index is 0.765. The number of H-pyrrole nitrogens is 1. The fraction of sp³-hybridized carbons (Fsp3) is 0.778. The zero-order valence-corrected chi connectivity index (χ0v) is 10.5. The lowest BCUT2D eigenvalue weighted by atomic mass is 10.3. The molecule has 2 rings (SSSR count). The first-order valence-electron chi connectivity index (χ1n) is 5.32. The molecule has 1 saturated heterocycles. The van der Waals surface area contributed by atoms with E-state index >= 15 is 0 Å². The van der Waals surface area contributed by atoms with Crippen molar-refractivity contribution in [3.8, 4) is 0 Å². The lowest BCUT2D eigenvalue weighted by molar-refractivity contribution is 0.258. The summed E-state index contributed by atoms with van der Waals surface area (Å²) in [4.78, 5) is 4.81. The van der Waals surface area contributed by atoms with Crippen LogP contribution in [0.25, 0.3) is 0 Å². The molecule has 1 aliphatic rings. The van der Waals surface area contributed by atoms with E-state index in [2.05, 4.69) is 26.9 Å². The van der Waals surface area contributed by atoms with E-state index in [1.807, 2.05) is 0 Å². The van der Waals surface area contributed by atoms with E-state index in [1.54, 1.807) is 11.3 Å². The molecule has 0 unspecified atom stereocenters. The van der Waals surface area contributed by atoms with Crippen molar-refractivity contribution in [2.75, 3.05) is 37.6 Å². The molecule has 4 nitrogen and oxygen atoms in total. The first-order chi connectivity index (χ1) is 7.29. The highest BCUT2D eigenvalue weighted by Crippen LogP contribution is 2.18. The summed E-state index contributed by atoms with van der Waals surface area (Å²) < 4.78 is 0.765. The maximum atomic E-state index is 5.03. The third-order valence-corrected chi connectivity index (χ3v) is 3.76. The van der Waals surface area contributed by atoms with Crippen LogP contribution in [0, 0.1) is 3.95 Å². The molecule has 0 amide bonds. The van der Waals surface area contributed by atoms with Crippen LogP contribution in [0.2, 0.25) is 0 Å². The van der Waals surface area contributed by atoms with Crippen molar-refractivity contribution in [2.45, 2.75) is 13.3 Å². The molecule has 0 bridgehead atoms. The quantitative estimate of drug-likeness (QED) is 0.821. The Hall–Kier alpha value is -0.460. The topological polar surface area (TPSA) is 35.2 Å². The van der Waals surface area contributed by atoms with Crippen LogP contribution in [0.5, 0.6) is 0 Å². The minimum Gasteiger partial charge on any atom is -0.344 e. The smallest absolute Gasteiger partial charge is 0.207 e. The van der Waals surface area contributed by atoms with Gasteiger partial charge in [-0.2, -0.15) is 0 Å². The van der Waals surface area contributed by atoms with Crippen LogP contribution in [0.1, 0.15) is 13.3 Å². The molecule has 0 aliphatic carbocycles. The first kappa shape index (κ1) is 11.0. The lowest BCUT2D eigenvalue weighted by Crippen LogP contribution is -2.46. The zero-order valence-electron chi connectivity index (χ0n) is 8.90. The van der Waals surface area contributed by atoms with Gasteiger partial charge in [0.05, 0.1) is 0 Å². The number of rotatable bonds is 3. The molecular weight excluding hydrogens is 228 g/mol. The van der Waals surface area contributed by atoms with Crippen molar-refractivity contribution in [1.82, 2.24) is 15.1 Å². The number of nitrogens with zero attached hydrogens (tertiary/aromatic N) is 3. The molecule has 1 aliphatic heterocycles. The Morgan fingerprint density at radius 1 is 1.40 bits per heavy atom. The van der Waals surface area contributed by atoms with Gasteiger partial charge < -0.3 is 4.90 Å². The van der Waals surface area contributed by atoms with Crippen LogP contribution in [0.4, 0.5) is 5.13 Å². The average molecular weight is 244 g/mol. The van der Waals surface area contributed by atoms with E-state index in [0.29, 0.717) is 0 Å². The summed E-state index contributed by atoms with van der Waals surface area (Å²) in [6.45, 7) is 7.85. The summed E-state index contributed by atoms with van der Waals surface area (Å²) in [6, 6.07) is 0. The fourth-order valence-electron chi connectivity index (χ4n) is 1.84. The second-order valence-electron chi connectivity index (χ2n) is 3.72. The SMILES string of the molecule is CCCN1CCN(c2n[nH]c(=S)s2)CC1. The maximum Gasteiger partial charge on any atom is 0.207 e. The summed E-state index contributed by atoms with van der Waals surface area (Å²) in [5.41, 5.74) is 0. The Morgan fingerprint density at radius 3 is 2.67 bits per heavy atom. The third kappa shape index (κ3) is 2.76. The monoisotopic (exact) mass is 244 g/mol. The van der Waals surface area contributed by atoms with Gasteiger partial charge in [0.15, 0.2) is 3.95 Å². The number of hydrogen-bond acceptors (Lipinski definition) is 5. The van der Waals surface area contributed by atoms with Gasteiger partial charge in [-0.25, -0.2) is 0 Å². The molecule has 1 aromatic heterocycles. The largest absolute Gasteiger partial charge is 0.344 e. The first-order valence-corrected chi connectivity index (χ1v) is 6.55. The molecular formula is C9H16N4S2. The standard InChI is InChI=1S/C9H16N4S2/c1-2-3-12-4-6-13(7-5-12)8-10-11-9(14)15-8/h2-7H2,1H3,(H,11,14). The molecule has 0 radical (unpaired) electrons. The van der Waals surface area contributed by atoms with E-state index in [4.69, 9.17) is 12.2 Å². The zero-order chi connectivity index (χ0) is 10.7. The highest BCUT2D eigenvalue weighted by Gasteiger charge is 2.18. The molecule has 0 saturated carbocycles. The number of aromatic amines is 1. The number of piperazine rings is 1. The predicted octanol–water partition coefficient (Wildman–Crippen LogP) is 1.73. The molecule has 84 valence electrons. The molecule has 1 fully saturated rings. The summed E-state index contributed by atoms with van der Waals surface area (Å²) >= 11 is 6.59. The molecule has 1 N–H and O–H groups in total. The Labute approximate surface area is 98.9 Å². The van der Waals surface area contributed by atoms with Gasteiger partial charge in [0, 0.05) is 26.2 Å². The van der Waals surface area contributed by atoms with Crippen LogP contribution in [-0.2, 0) is 0 Å².